The normalized spacial score (nSPS) is 49.4. The molecule has 0 amide bonds. The smallest absolute Gasteiger partial charge is 0.311 e. The van der Waals surface area contributed by atoms with Crippen molar-refractivity contribution < 1.29 is 47.6 Å². The predicted molar refractivity (Wildman–Crippen MR) is 248 cm³/mol. The lowest BCUT2D eigenvalue weighted by molar-refractivity contribution is -0.174. The van der Waals surface area contributed by atoms with Crippen molar-refractivity contribution in [3.05, 3.63) is 0 Å². The number of ether oxygens (including phenoxy) is 6. The lowest BCUT2D eigenvalue weighted by Crippen LogP contribution is -2.46. The SMILES string of the molecule is CCC(C)(C)C(=O)OC1CC2CC1C1C3CC(CC3C(=O)OCOC3CC4CCC3C4)C21.CCC(C)C(=O)OC1CC2CC1C1C3CC(CC3C(=O)OCOCC3C4CC5CC(C4)CC3C5)C21. The molecular weight excluding hydrogens is 845 g/mol. The van der Waals surface area contributed by atoms with Crippen LogP contribution < -0.4 is 0 Å². The molecule has 14 aliphatic rings. The second kappa shape index (κ2) is 17.8. The largest absolute Gasteiger partial charge is 0.462 e. The van der Waals surface area contributed by atoms with Crippen molar-refractivity contribution in [1.82, 2.24) is 0 Å². The second-order valence-corrected chi connectivity index (χ2v) is 26.6. The predicted octanol–water partition coefficient (Wildman–Crippen LogP) is 10.4. The van der Waals surface area contributed by atoms with E-state index in [0.29, 0.717) is 77.1 Å². The van der Waals surface area contributed by atoms with Crippen molar-refractivity contribution in [3.63, 3.8) is 0 Å². The number of carbonyl (C=O) groups is 4. The van der Waals surface area contributed by atoms with Crippen LogP contribution in [0.3, 0.4) is 0 Å². The first-order chi connectivity index (χ1) is 32.3. The number of fused-ring (bicyclic) bond motifs is 20. The monoisotopic (exact) mass is 929 g/mol. The van der Waals surface area contributed by atoms with Gasteiger partial charge in [-0.25, -0.2) is 0 Å². The van der Waals surface area contributed by atoms with E-state index in [2.05, 4.69) is 0 Å². The summed E-state index contributed by atoms with van der Waals surface area (Å²) in [5.41, 5.74) is -0.416. The van der Waals surface area contributed by atoms with E-state index in [4.69, 9.17) is 28.4 Å². The molecule has 14 saturated carbocycles. The lowest BCUT2D eigenvalue weighted by atomic mass is 9.52. The average Bonchev–Trinajstić information content (AvgIpc) is 4.18. The van der Waals surface area contributed by atoms with E-state index in [-0.39, 0.29) is 67.4 Å². The van der Waals surface area contributed by atoms with E-state index >= 15 is 0 Å². The van der Waals surface area contributed by atoms with Gasteiger partial charge in [0, 0.05) is 0 Å². The van der Waals surface area contributed by atoms with Crippen LogP contribution in [0.15, 0.2) is 0 Å². The van der Waals surface area contributed by atoms with Crippen LogP contribution in [-0.2, 0) is 47.6 Å². The minimum Gasteiger partial charge on any atom is -0.462 e. The van der Waals surface area contributed by atoms with E-state index in [9.17, 15) is 19.2 Å². The summed E-state index contributed by atoms with van der Waals surface area (Å²) in [4.78, 5) is 51.3. The highest BCUT2D eigenvalue weighted by atomic mass is 16.7. The molecule has 0 spiro atoms. The fourth-order valence-corrected chi connectivity index (χ4v) is 20.1. The molecule has 0 aromatic heterocycles. The maximum atomic E-state index is 13.1. The minimum atomic E-state index is -0.416. The Labute approximate surface area is 400 Å². The molecule has 0 aliphatic heterocycles. The van der Waals surface area contributed by atoms with Crippen molar-refractivity contribution in [2.75, 3.05) is 20.2 Å². The van der Waals surface area contributed by atoms with Crippen LogP contribution in [0.2, 0.25) is 0 Å². The van der Waals surface area contributed by atoms with E-state index in [1.54, 1.807) is 0 Å². The summed E-state index contributed by atoms with van der Waals surface area (Å²) >= 11 is 0. The summed E-state index contributed by atoms with van der Waals surface area (Å²) in [6, 6.07) is 0. The van der Waals surface area contributed by atoms with Crippen LogP contribution >= 0.6 is 0 Å². The average molecular weight is 929 g/mol. The number of hydrogen-bond donors (Lipinski definition) is 0. The van der Waals surface area contributed by atoms with Crippen molar-refractivity contribution >= 4 is 23.9 Å². The molecule has 0 saturated heterocycles. The van der Waals surface area contributed by atoms with E-state index in [1.165, 1.54) is 70.6 Å². The molecule has 0 N–H and O–H groups in total. The van der Waals surface area contributed by atoms with Gasteiger partial charge >= 0.3 is 23.9 Å². The summed E-state index contributed by atoms with van der Waals surface area (Å²) in [6.07, 6.45) is 23.0. The van der Waals surface area contributed by atoms with Crippen molar-refractivity contribution in [2.24, 2.45) is 136 Å². The van der Waals surface area contributed by atoms with E-state index in [1.807, 2.05) is 34.6 Å². The number of esters is 4. The third-order valence-corrected chi connectivity index (χ3v) is 23.3. The quantitative estimate of drug-likeness (QED) is 0.0515. The molecule has 20 unspecified atom stereocenters. The molecule has 0 aromatic rings. The molecule has 14 aliphatic carbocycles. The highest BCUT2D eigenvalue weighted by Crippen LogP contribution is 2.71. The van der Waals surface area contributed by atoms with Gasteiger partial charge in [-0.3, -0.25) is 19.2 Å². The van der Waals surface area contributed by atoms with Gasteiger partial charge in [0.05, 0.1) is 35.9 Å². The Morgan fingerprint density at radius 1 is 0.522 bits per heavy atom. The Hall–Kier alpha value is -2.20. The maximum Gasteiger partial charge on any atom is 0.311 e. The lowest BCUT2D eigenvalue weighted by Gasteiger charge is -2.54. The van der Waals surface area contributed by atoms with Gasteiger partial charge in [0.15, 0.2) is 13.6 Å². The molecule has 372 valence electrons. The second-order valence-electron chi connectivity index (χ2n) is 26.6. The third-order valence-electron chi connectivity index (χ3n) is 23.3. The highest BCUT2D eigenvalue weighted by molar-refractivity contribution is 5.76. The van der Waals surface area contributed by atoms with Crippen LogP contribution in [0.25, 0.3) is 0 Å². The van der Waals surface area contributed by atoms with Gasteiger partial charge in [-0.05, 0) is 248 Å². The minimum absolute atomic E-state index is 0.0210. The van der Waals surface area contributed by atoms with Crippen LogP contribution in [0.4, 0.5) is 0 Å². The van der Waals surface area contributed by atoms with Gasteiger partial charge in [0.1, 0.15) is 12.2 Å². The number of rotatable bonds is 15. The van der Waals surface area contributed by atoms with Crippen molar-refractivity contribution in [1.29, 1.82) is 0 Å². The highest BCUT2D eigenvalue weighted by Gasteiger charge is 2.68. The van der Waals surface area contributed by atoms with Crippen molar-refractivity contribution in [3.8, 4) is 0 Å². The first-order valence-electron chi connectivity index (χ1n) is 28.3. The molecule has 20 atom stereocenters. The fraction of sp³-hybridized carbons (Fsp3) is 0.930. The van der Waals surface area contributed by atoms with Crippen molar-refractivity contribution in [2.45, 2.75) is 175 Å². The van der Waals surface area contributed by atoms with Crippen LogP contribution in [0.1, 0.15) is 157 Å². The number of hydrogen-bond acceptors (Lipinski definition) is 10. The molecule has 0 radical (unpaired) electrons. The summed E-state index contributed by atoms with van der Waals surface area (Å²) < 4.78 is 35.5. The molecule has 14 rings (SSSR count). The van der Waals surface area contributed by atoms with E-state index < -0.39 is 5.41 Å². The summed E-state index contributed by atoms with van der Waals surface area (Å²) in [7, 11) is 0. The Morgan fingerprint density at radius 3 is 1.60 bits per heavy atom. The molecule has 14 fully saturated rings. The Morgan fingerprint density at radius 2 is 1.06 bits per heavy atom. The molecule has 67 heavy (non-hydrogen) atoms. The van der Waals surface area contributed by atoms with Gasteiger partial charge in [-0.15, -0.1) is 0 Å². The molecule has 10 nitrogen and oxygen atoms in total. The zero-order chi connectivity index (χ0) is 46.0. The zero-order valence-corrected chi connectivity index (χ0v) is 41.6. The summed E-state index contributed by atoms with van der Waals surface area (Å²) in [6.45, 7) is 11.1. The van der Waals surface area contributed by atoms with Crippen LogP contribution in [-0.4, -0.2) is 62.4 Å². The topological polar surface area (TPSA) is 124 Å². The van der Waals surface area contributed by atoms with Crippen LogP contribution in [0, 0.1) is 136 Å². The molecule has 0 aromatic carbocycles. The molecule has 10 heteroatoms. The van der Waals surface area contributed by atoms with Gasteiger partial charge in [-0.1, -0.05) is 20.8 Å². The van der Waals surface area contributed by atoms with Crippen LogP contribution in [0.5, 0.6) is 0 Å². The third kappa shape index (κ3) is 7.97. The van der Waals surface area contributed by atoms with Gasteiger partial charge < -0.3 is 28.4 Å². The maximum absolute atomic E-state index is 13.1. The summed E-state index contributed by atoms with van der Waals surface area (Å²) in [5.74, 6) is 12.8. The Bertz CT molecular complexity index is 1870. The summed E-state index contributed by atoms with van der Waals surface area (Å²) in [5, 5.41) is 0. The molecular formula is C57H84O10. The zero-order valence-electron chi connectivity index (χ0n) is 41.6. The first-order valence-corrected chi connectivity index (χ1v) is 28.3. The molecule has 0 heterocycles. The Kier molecular flexibility index (Phi) is 12.2. The fourth-order valence-electron chi connectivity index (χ4n) is 20.1. The van der Waals surface area contributed by atoms with Gasteiger partial charge in [-0.2, -0.15) is 0 Å². The van der Waals surface area contributed by atoms with Gasteiger partial charge in [0.2, 0.25) is 0 Å². The number of carbonyl (C=O) groups excluding carboxylic acids is 4. The van der Waals surface area contributed by atoms with Gasteiger partial charge in [0.25, 0.3) is 0 Å². The first kappa shape index (κ1) is 45.9. The molecule has 14 bridgehead atoms. The standard InChI is InChI=1S/C30H44O5.C27H40O5/c1-3-15(2)29(31)35-26-12-21-11-24(26)28-22-9-20(27(21)28)10-23(22)30(32)34-14-33-13-25-18-5-16-4-17(7-18)8-19(25)6-16;1-4-27(2,3)26(29)32-22-12-17-11-20(22)24-18-9-16(23(17)24)10-19(18)25(28)31-13-30-21-8-14-5-6-15(21)7-14/h15-28H,3-14H2,1-2H3;14-24H,4-13H2,1-3H3. The Balaban J connectivity index is 0.000000140. The van der Waals surface area contributed by atoms with E-state index in [0.717, 1.165) is 99.4 Å².